The minimum absolute atomic E-state index is 0. The van der Waals surface area contributed by atoms with E-state index in [0.717, 1.165) is 25.2 Å². The number of halogens is 2. The number of methoxy groups -OCH3 is 1. The zero-order valence-corrected chi connectivity index (χ0v) is 29.3. The smallest absolute Gasteiger partial charge is 0.323 e. The lowest BCUT2D eigenvalue weighted by Crippen LogP contribution is -2.67. The molecule has 0 radical (unpaired) electrons. The fourth-order valence-electron chi connectivity index (χ4n) is 6.52. The van der Waals surface area contributed by atoms with Crippen molar-refractivity contribution in [2.75, 3.05) is 60.5 Å². The summed E-state index contributed by atoms with van der Waals surface area (Å²) in [5.74, 6) is 1.07. The predicted octanol–water partition coefficient (Wildman–Crippen LogP) is 5.20. The minimum Gasteiger partial charge on any atom is -0.481 e. The highest BCUT2D eigenvalue weighted by Gasteiger charge is 2.43. The van der Waals surface area contributed by atoms with Crippen molar-refractivity contribution in [3.63, 3.8) is 0 Å². The van der Waals surface area contributed by atoms with Gasteiger partial charge in [-0.1, -0.05) is 60.7 Å². The van der Waals surface area contributed by atoms with Crippen molar-refractivity contribution in [3.8, 4) is 17.8 Å². The van der Waals surface area contributed by atoms with Crippen LogP contribution in [-0.2, 0) is 6.54 Å². The van der Waals surface area contributed by atoms with Gasteiger partial charge in [0.25, 0.3) is 0 Å². The lowest BCUT2D eigenvalue weighted by Gasteiger charge is -2.53. The summed E-state index contributed by atoms with van der Waals surface area (Å²) in [7, 11) is 5.26. The Kier molecular flexibility index (Phi) is 13.7. The topological polar surface area (TPSA) is 83.5 Å². The van der Waals surface area contributed by atoms with Gasteiger partial charge in [-0.05, 0) is 31.9 Å². The summed E-state index contributed by atoms with van der Waals surface area (Å²) < 4.78 is 17.6. The number of hydrogen-bond acceptors (Lipinski definition) is 8. The Hall–Kier alpha value is -3.31. The van der Waals surface area contributed by atoms with E-state index in [-0.39, 0.29) is 61.0 Å². The first-order valence-corrected chi connectivity index (χ1v) is 15.6. The standard InChI is InChI=1S/C34H46N6O4.2ClH/c1-7-43-33-35-31(42-6)28(32(36-33)44-24(2)3)22-38-20-27-21-39(34(41)37(4)5)18-19-40(27)29(23-38)30(25-14-10-8-11-15-25)26-16-12-9-13-17-26;;/h8-17,24,27,29-30H,7,18-23H2,1-6H3;2*1H/t27-,29+;;/m1../s1. The summed E-state index contributed by atoms with van der Waals surface area (Å²) in [5, 5.41) is 0. The van der Waals surface area contributed by atoms with E-state index in [1.807, 2.05) is 39.8 Å². The van der Waals surface area contributed by atoms with Crippen molar-refractivity contribution in [1.82, 2.24) is 29.6 Å². The quantitative estimate of drug-likeness (QED) is 0.290. The number of carbonyl (C=O) groups is 1. The summed E-state index contributed by atoms with van der Waals surface area (Å²) in [4.78, 5) is 31.0. The fraction of sp³-hybridized carbons (Fsp3) is 0.500. The van der Waals surface area contributed by atoms with Crippen LogP contribution < -0.4 is 14.2 Å². The molecule has 46 heavy (non-hydrogen) atoms. The third-order valence-corrected chi connectivity index (χ3v) is 8.33. The highest BCUT2D eigenvalue weighted by molar-refractivity contribution is 5.85. The summed E-state index contributed by atoms with van der Waals surface area (Å²) in [5.41, 5.74) is 3.36. The number of carbonyl (C=O) groups excluding carboxylic acids is 1. The number of piperazine rings is 2. The van der Waals surface area contributed by atoms with E-state index in [9.17, 15) is 4.79 Å². The van der Waals surface area contributed by atoms with Crippen molar-refractivity contribution in [2.45, 2.75) is 51.4 Å². The lowest BCUT2D eigenvalue weighted by molar-refractivity contribution is -0.0271. The van der Waals surface area contributed by atoms with Crippen LogP contribution in [0.1, 0.15) is 43.4 Å². The lowest BCUT2D eigenvalue weighted by atomic mass is 9.81. The average molecular weight is 676 g/mol. The Morgan fingerprint density at radius 3 is 2.07 bits per heavy atom. The van der Waals surface area contributed by atoms with Gasteiger partial charge in [-0.25, -0.2) is 4.79 Å². The van der Waals surface area contributed by atoms with Gasteiger partial charge in [0.15, 0.2) is 0 Å². The number of aromatic nitrogens is 2. The summed E-state index contributed by atoms with van der Waals surface area (Å²) in [6, 6.07) is 22.1. The van der Waals surface area contributed by atoms with Crippen LogP contribution in [0.15, 0.2) is 60.7 Å². The largest absolute Gasteiger partial charge is 0.481 e. The first kappa shape index (κ1) is 37.2. The Morgan fingerprint density at radius 1 is 0.913 bits per heavy atom. The molecule has 0 N–H and O–H groups in total. The molecule has 2 saturated heterocycles. The van der Waals surface area contributed by atoms with Crippen LogP contribution in [0.2, 0.25) is 0 Å². The molecule has 2 amide bonds. The van der Waals surface area contributed by atoms with E-state index in [1.54, 1.807) is 12.0 Å². The third kappa shape index (κ3) is 8.53. The molecule has 252 valence electrons. The number of nitrogens with zero attached hydrogens (tertiary/aromatic N) is 6. The second kappa shape index (κ2) is 17.0. The molecule has 10 nitrogen and oxygen atoms in total. The molecule has 2 aromatic carbocycles. The molecule has 5 rings (SSSR count). The van der Waals surface area contributed by atoms with Gasteiger partial charge in [0.1, 0.15) is 0 Å². The number of amides is 2. The van der Waals surface area contributed by atoms with Gasteiger partial charge in [-0.3, -0.25) is 9.80 Å². The van der Waals surface area contributed by atoms with Gasteiger partial charge in [-0.15, -0.1) is 24.8 Å². The monoisotopic (exact) mass is 674 g/mol. The van der Waals surface area contributed by atoms with E-state index in [4.69, 9.17) is 14.2 Å². The maximum atomic E-state index is 13.1. The Labute approximate surface area is 285 Å². The molecular formula is C34H48Cl2N6O4. The highest BCUT2D eigenvalue weighted by atomic mass is 35.5. The molecular weight excluding hydrogens is 627 g/mol. The third-order valence-electron chi connectivity index (χ3n) is 8.33. The second-order valence-electron chi connectivity index (χ2n) is 12.0. The van der Waals surface area contributed by atoms with E-state index in [0.29, 0.717) is 38.0 Å². The molecule has 2 aliphatic rings. The van der Waals surface area contributed by atoms with Gasteiger partial charge in [-0.2, -0.15) is 9.97 Å². The van der Waals surface area contributed by atoms with Crippen LogP contribution in [-0.4, -0.2) is 114 Å². The van der Waals surface area contributed by atoms with Gasteiger partial charge < -0.3 is 24.0 Å². The van der Waals surface area contributed by atoms with E-state index >= 15 is 0 Å². The molecule has 0 saturated carbocycles. The average Bonchev–Trinajstić information content (AvgIpc) is 3.02. The molecule has 2 atom stereocenters. The number of benzene rings is 2. The van der Waals surface area contributed by atoms with Crippen molar-refractivity contribution in [3.05, 3.63) is 77.4 Å². The van der Waals surface area contributed by atoms with Crippen molar-refractivity contribution < 1.29 is 19.0 Å². The van der Waals surface area contributed by atoms with Crippen molar-refractivity contribution >= 4 is 30.8 Å². The van der Waals surface area contributed by atoms with E-state index < -0.39 is 0 Å². The van der Waals surface area contributed by atoms with Crippen LogP contribution in [0, 0.1) is 0 Å². The van der Waals surface area contributed by atoms with Crippen molar-refractivity contribution in [2.24, 2.45) is 0 Å². The number of ether oxygens (including phenoxy) is 3. The number of fused-ring (bicyclic) bond motifs is 1. The van der Waals surface area contributed by atoms with E-state index in [2.05, 4.69) is 80.4 Å². The van der Waals surface area contributed by atoms with Crippen molar-refractivity contribution in [1.29, 1.82) is 0 Å². The maximum Gasteiger partial charge on any atom is 0.323 e. The molecule has 2 fully saturated rings. The molecule has 0 unspecified atom stereocenters. The van der Waals surface area contributed by atoms with Crippen LogP contribution in [0.25, 0.3) is 0 Å². The molecule has 12 heteroatoms. The van der Waals surface area contributed by atoms with E-state index in [1.165, 1.54) is 11.1 Å². The molecule has 0 spiro atoms. The van der Waals surface area contributed by atoms with Crippen LogP contribution in [0.4, 0.5) is 4.79 Å². The summed E-state index contributed by atoms with van der Waals surface area (Å²) in [6.07, 6.45) is -0.0862. The maximum absolute atomic E-state index is 13.1. The van der Waals surface area contributed by atoms with Crippen LogP contribution in [0.5, 0.6) is 17.8 Å². The molecule has 0 bridgehead atoms. The molecule has 3 aromatic rings. The molecule has 1 aromatic heterocycles. The Balaban J connectivity index is 0.00000288. The van der Waals surface area contributed by atoms with Gasteiger partial charge >= 0.3 is 12.0 Å². The molecule has 3 heterocycles. The molecule has 2 aliphatic heterocycles. The normalized spacial score (nSPS) is 18.3. The first-order chi connectivity index (χ1) is 21.3. The highest BCUT2D eigenvalue weighted by Crippen LogP contribution is 2.37. The summed E-state index contributed by atoms with van der Waals surface area (Å²) in [6.45, 7) is 10.6. The number of hydrogen-bond donors (Lipinski definition) is 0. The van der Waals surface area contributed by atoms with Crippen LogP contribution in [0.3, 0.4) is 0 Å². The predicted molar refractivity (Wildman–Crippen MR) is 185 cm³/mol. The molecule has 0 aliphatic carbocycles. The van der Waals surface area contributed by atoms with Gasteiger partial charge in [0, 0.05) is 71.4 Å². The Bertz CT molecular complexity index is 1350. The first-order valence-electron chi connectivity index (χ1n) is 15.6. The fourth-order valence-corrected chi connectivity index (χ4v) is 6.52. The number of urea groups is 1. The zero-order chi connectivity index (χ0) is 31.2. The van der Waals surface area contributed by atoms with Gasteiger partial charge in [0.2, 0.25) is 11.8 Å². The Morgan fingerprint density at radius 2 is 1.52 bits per heavy atom. The zero-order valence-electron chi connectivity index (χ0n) is 27.7. The minimum atomic E-state index is -0.0862. The van der Waals surface area contributed by atoms with Gasteiger partial charge in [0.05, 0.1) is 25.4 Å². The second-order valence-corrected chi connectivity index (χ2v) is 12.0. The SMILES string of the molecule is CCOc1nc(OC)c(CN2C[C@@H]3CN(C(=O)N(C)C)CCN3[C@H](C(c3ccccc3)c3ccccc3)C2)c(OC(C)C)n1.Cl.Cl. The van der Waals surface area contributed by atoms with Crippen LogP contribution >= 0.6 is 24.8 Å². The number of rotatable bonds is 10. The summed E-state index contributed by atoms with van der Waals surface area (Å²) >= 11 is 0.